The van der Waals surface area contributed by atoms with Gasteiger partial charge in [0.1, 0.15) is 5.58 Å². The number of nitrogens with one attached hydrogen (secondary N) is 2. The number of hydrogen-bond acceptors (Lipinski definition) is 3. The molecule has 2 bridgehead atoms. The molecule has 2 aliphatic heterocycles. The maximum absolute atomic E-state index is 12.6. The summed E-state index contributed by atoms with van der Waals surface area (Å²) in [4.78, 5) is 12.6. The molecule has 2 unspecified atom stereocenters. The maximum Gasteiger partial charge on any atom is 0.287 e. The number of halogens is 1. The van der Waals surface area contributed by atoms with Crippen LogP contribution in [0.5, 0.6) is 0 Å². The van der Waals surface area contributed by atoms with Crippen molar-refractivity contribution in [3.05, 3.63) is 34.5 Å². The van der Waals surface area contributed by atoms with Crippen LogP contribution in [0.25, 0.3) is 11.0 Å². The molecule has 5 heteroatoms. The molecule has 22 heavy (non-hydrogen) atoms. The van der Waals surface area contributed by atoms with Crippen molar-refractivity contribution >= 4 is 28.5 Å². The average Bonchev–Trinajstić information content (AvgIpc) is 2.99. The lowest BCUT2D eigenvalue weighted by Gasteiger charge is -2.29. The molecule has 2 saturated heterocycles. The number of carbonyl (C=O) groups excluding carboxylic acids is 1. The van der Waals surface area contributed by atoms with Gasteiger partial charge in [0.2, 0.25) is 0 Å². The number of benzene rings is 1. The van der Waals surface area contributed by atoms with Gasteiger partial charge < -0.3 is 15.1 Å². The molecule has 0 spiro atoms. The van der Waals surface area contributed by atoms with Crippen LogP contribution in [0.1, 0.15) is 41.8 Å². The zero-order valence-electron chi connectivity index (χ0n) is 12.5. The summed E-state index contributed by atoms with van der Waals surface area (Å²) >= 11 is 6.02. The van der Waals surface area contributed by atoms with E-state index in [9.17, 15) is 4.79 Å². The lowest BCUT2D eigenvalue weighted by molar-refractivity contribution is 0.0897. The molecule has 2 N–H and O–H groups in total. The first-order chi connectivity index (χ1) is 10.6. The smallest absolute Gasteiger partial charge is 0.287 e. The second-order valence-electron chi connectivity index (χ2n) is 6.48. The highest BCUT2D eigenvalue weighted by molar-refractivity contribution is 6.31. The van der Waals surface area contributed by atoms with E-state index in [-0.39, 0.29) is 11.9 Å². The average molecular weight is 319 g/mol. The van der Waals surface area contributed by atoms with Gasteiger partial charge in [-0.2, -0.15) is 0 Å². The lowest BCUT2D eigenvalue weighted by atomic mass is 9.99. The first-order valence-corrected chi connectivity index (χ1v) is 8.23. The molecule has 1 aromatic heterocycles. The molecular formula is C17H19ClN2O2. The Labute approximate surface area is 134 Å². The summed E-state index contributed by atoms with van der Waals surface area (Å²) in [5, 5.41) is 8.29. The minimum atomic E-state index is -0.115. The van der Waals surface area contributed by atoms with Crippen LogP contribution in [0.2, 0.25) is 5.02 Å². The number of hydrogen-bond donors (Lipinski definition) is 2. The summed E-state index contributed by atoms with van der Waals surface area (Å²) in [5.74, 6) is 0.291. The third kappa shape index (κ3) is 2.40. The fourth-order valence-electron chi connectivity index (χ4n) is 3.84. The Balaban J connectivity index is 1.56. The summed E-state index contributed by atoms with van der Waals surface area (Å²) in [6.07, 6.45) is 4.46. The highest BCUT2D eigenvalue weighted by atomic mass is 35.5. The van der Waals surface area contributed by atoms with Crippen molar-refractivity contribution in [1.82, 2.24) is 10.6 Å². The summed E-state index contributed by atoms with van der Waals surface area (Å²) in [6, 6.07) is 6.78. The SMILES string of the molecule is Cc1c(C(=O)NC2CC3CCC(C2)N3)oc2ccc(Cl)cc12. The number of furan rings is 1. The van der Waals surface area contributed by atoms with Gasteiger partial charge >= 0.3 is 0 Å². The van der Waals surface area contributed by atoms with E-state index >= 15 is 0 Å². The standard InChI is InChI=1S/C17H19ClN2O2/c1-9-14-6-10(18)2-5-15(14)22-16(9)17(21)20-13-7-11-3-4-12(8-13)19-11/h2,5-6,11-13,19H,3-4,7-8H2,1H3,(H,20,21). The second-order valence-corrected chi connectivity index (χ2v) is 6.91. The molecule has 1 amide bonds. The largest absolute Gasteiger partial charge is 0.451 e. The Hall–Kier alpha value is -1.52. The number of piperidine rings is 1. The Morgan fingerprint density at radius 1 is 1.32 bits per heavy atom. The van der Waals surface area contributed by atoms with Crippen molar-refractivity contribution < 1.29 is 9.21 Å². The number of carbonyl (C=O) groups is 1. The molecular weight excluding hydrogens is 300 g/mol. The molecule has 2 fully saturated rings. The topological polar surface area (TPSA) is 54.3 Å². The molecule has 0 aliphatic carbocycles. The third-order valence-electron chi connectivity index (χ3n) is 4.91. The predicted octanol–water partition coefficient (Wildman–Crippen LogP) is 3.41. The van der Waals surface area contributed by atoms with Crippen molar-refractivity contribution in [2.75, 3.05) is 0 Å². The molecule has 1 aromatic carbocycles. The zero-order valence-corrected chi connectivity index (χ0v) is 13.2. The Bertz CT molecular complexity index is 728. The number of fused-ring (bicyclic) bond motifs is 3. The van der Waals surface area contributed by atoms with Gasteiger partial charge in [-0.15, -0.1) is 0 Å². The van der Waals surface area contributed by atoms with Crippen LogP contribution in [0.3, 0.4) is 0 Å². The summed E-state index contributed by atoms with van der Waals surface area (Å²) in [6.45, 7) is 1.91. The number of aryl methyl sites for hydroxylation is 1. The monoisotopic (exact) mass is 318 g/mol. The highest BCUT2D eigenvalue weighted by Crippen LogP contribution is 2.29. The van der Waals surface area contributed by atoms with Gasteiger partial charge in [-0.25, -0.2) is 0 Å². The minimum Gasteiger partial charge on any atom is -0.451 e. The third-order valence-corrected chi connectivity index (χ3v) is 5.15. The van der Waals surface area contributed by atoms with Crippen molar-refractivity contribution in [3.63, 3.8) is 0 Å². The van der Waals surface area contributed by atoms with Crippen LogP contribution in [-0.4, -0.2) is 24.0 Å². The second kappa shape index (κ2) is 5.28. The van der Waals surface area contributed by atoms with Gasteiger partial charge in [-0.05, 0) is 50.8 Å². The minimum absolute atomic E-state index is 0.115. The van der Waals surface area contributed by atoms with Crippen LogP contribution in [-0.2, 0) is 0 Å². The molecule has 4 nitrogen and oxygen atoms in total. The number of amides is 1. The summed E-state index contributed by atoms with van der Waals surface area (Å²) in [5.41, 5.74) is 1.56. The first kappa shape index (κ1) is 14.1. The van der Waals surface area contributed by atoms with Gasteiger partial charge in [-0.3, -0.25) is 4.79 Å². The molecule has 2 aromatic rings. The van der Waals surface area contributed by atoms with E-state index in [1.54, 1.807) is 6.07 Å². The van der Waals surface area contributed by atoms with Crippen LogP contribution in [0.4, 0.5) is 0 Å². The Morgan fingerprint density at radius 3 is 2.77 bits per heavy atom. The van der Waals surface area contributed by atoms with E-state index in [1.807, 2.05) is 19.1 Å². The van der Waals surface area contributed by atoms with Gasteiger partial charge in [0.05, 0.1) is 0 Å². The van der Waals surface area contributed by atoms with E-state index in [2.05, 4.69) is 10.6 Å². The van der Waals surface area contributed by atoms with Gasteiger partial charge in [0.15, 0.2) is 5.76 Å². The zero-order chi connectivity index (χ0) is 15.3. The van der Waals surface area contributed by atoms with Crippen LogP contribution in [0.15, 0.2) is 22.6 Å². The Morgan fingerprint density at radius 2 is 2.05 bits per heavy atom. The van der Waals surface area contributed by atoms with Crippen molar-refractivity contribution in [2.45, 2.75) is 50.7 Å². The van der Waals surface area contributed by atoms with Crippen molar-refractivity contribution in [2.24, 2.45) is 0 Å². The highest BCUT2D eigenvalue weighted by Gasteiger charge is 2.34. The molecule has 0 radical (unpaired) electrons. The van der Waals surface area contributed by atoms with E-state index in [4.69, 9.17) is 16.0 Å². The normalized spacial score (nSPS) is 27.3. The van der Waals surface area contributed by atoms with Gasteiger partial charge in [0.25, 0.3) is 5.91 Å². The molecule has 3 heterocycles. The molecule has 4 rings (SSSR count). The number of rotatable bonds is 2. The summed E-state index contributed by atoms with van der Waals surface area (Å²) in [7, 11) is 0. The van der Waals surface area contributed by atoms with E-state index in [0.717, 1.165) is 23.8 Å². The summed E-state index contributed by atoms with van der Waals surface area (Å²) < 4.78 is 5.74. The quantitative estimate of drug-likeness (QED) is 0.892. The lowest BCUT2D eigenvalue weighted by Crippen LogP contribution is -2.48. The Kier molecular flexibility index (Phi) is 3.39. The molecule has 0 saturated carbocycles. The fourth-order valence-corrected chi connectivity index (χ4v) is 4.01. The van der Waals surface area contributed by atoms with Gasteiger partial charge in [0, 0.05) is 34.1 Å². The van der Waals surface area contributed by atoms with Crippen LogP contribution in [0, 0.1) is 6.92 Å². The maximum atomic E-state index is 12.6. The molecule has 2 aliphatic rings. The first-order valence-electron chi connectivity index (χ1n) is 7.85. The van der Waals surface area contributed by atoms with Crippen molar-refractivity contribution in [1.29, 1.82) is 0 Å². The predicted molar refractivity (Wildman–Crippen MR) is 86.4 cm³/mol. The van der Waals surface area contributed by atoms with Crippen LogP contribution >= 0.6 is 11.6 Å². The molecule has 116 valence electrons. The van der Waals surface area contributed by atoms with Crippen LogP contribution < -0.4 is 10.6 Å². The van der Waals surface area contributed by atoms with E-state index in [1.165, 1.54) is 12.8 Å². The van der Waals surface area contributed by atoms with E-state index < -0.39 is 0 Å². The van der Waals surface area contributed by atoms with E-state index in [0.29, 0.717) is 28.4 Å². The van der Waals surface area contributed by atoms with Gasteiger partial charge in [-0.1, -0.05) is 11.6 Å². The fraction of sp³-hybridized carbons (Fsp3) is 0.471. The van der Waals surface area contributed by atoms with Crippen molar-refractivity contribution in [3.8, 4) is 0 Å². The molecule has 2 atom stereocenters.